The van der Waals surface area contributed by atoms with Crippen LogP contribution in [0.4, 0.5) is 0 Å². The molecule has 0 spiro atoms. The fourth-order valence-electron chi connectivity index (χ4n) is 1.86. The molecule has 0 aromatic heterocycles. The summed E-state index contributed by atoms with van der Waals surface area (Å²) in [5.74, 6) is 0.148. The Balaban J connectivity index is 2.69. The number of benzene rings is 1. The third-order valence-electron chi connectivity index (χ3n) is 2.83. The predicted molar refractivity (Wildman–Crippen MR) is 74.8 cm³/mol. The molecule has 0 aliphatic heterocycles. The lowest BCUT2D eigenvalue weighted by molar-refractivity contribution is 0.262. The number of sulfone groups is 1. The minimum absolute atomic E-state index is 0.0675. The molecule has 0 amide bonds. The van der Waals surface area contributed by atoms with Crippen LogP contribution in [0.3, 0.4) is 0 Å². The van der Waals surface area contributed by atoms with Crippen LogP contribution in [0.25, 0.3) is 0 Å². The van der Waals surface area contributed by atoms with E-state index >= 15 is 0 Å². The monoisotopic (exact) mass is 290 g/mol. The summed E-state index contributed by atoms with van der Waals surface area (Å²) in [6.45, 7) is 1.78. The number of hydrogen-bond donors (Lipinski definition) is 1. The molecule has 0 heterocycles. The Morgan fingerprint density at radius 2 is 2.06 bits per heavy atom. The normalized spacial score (nSPS) is 13.5. The highest BCUT2D eigenvalue weighted by Gasteiger charge is 2.16. The van der Waals surface area contributed by atoms with E-state index in [-0.39, 0.29) is 24.0 Å². The van der Waals surface area contributed by atoms with Crippen molar-refractivity contribution in [1.29, 1.82) is 0 Å². The van der Waals surface area contributed by atoms with Crippen LogP contribution in [0.2, 0.25) is 5.02 Å². The van der Waals surface area contributed by atoms with Gasteiger partial charge in [0.15, 0.2) is 0 Å². The van der Waals surface area contributed by atoms with E-state index in [9.17, 15) is 13.5 Å². The Labute approximate surface area is 114 Å². The van der Waals surface area contributed by atoms with E-state index in [2.05, 4.69) is 0 Å². The van der Waals surface area contributed by atoms with Crippen LogP contribution < -0.4 is 0 Å². The van der Waals surface area contributed by atoms with Crippen molar-refractivity contribution in [1.82, 2.24) is 0 Å². The highest BCUT2D eigenvalue weighted by molar-refractivity contribution is 7.91. The minimum Gasteiger partial charge on any atom is -0.396 e. The smallest absolute Gasteiger partial charge is 0.150 e. The van der Waals surface area contributed by atoms with Gasteiger partial charge in [-0.25, -0.2) is 8.42 Å². The van der Waals surface area contributed by atoms with Crippen molar-refractivity contribution in [2.24, 2.45) is 0 Å². The number of hydrogen-bond acceptors (Lipinski definition) is 3. The van der Waals surface area contributed by atoms with E-state index in [1.165, 1.54) is 0 Å². The quantitative estimate of drug-likeness (QED) is 0.840. The van der Waals surface area contributed by atoms with Gasteiger partial charge in [-0.1, -0.05) is 30.7 Å². The Bertz CT molecular complexity index is 471. The van der Waals surface area contributed by atoms with Crippen molar-refractivity contribution < 1.29 is 13.5 Å². The molecule has 0 radical (unpaired) electrons. The lowest BCUT2D eigenvalue weighted by atomic mass is 9.98. The lowest BCUT2D eigenvalue weighted by Gasteiger charge is -2.14. The third-order valence-corrected chi connectivity index (χ3v) is 4.96. The molecule has 1 rings (SSSR count). The Morgan fingerprint density at radius 3 is 2.61 bits per heavy atom. The van der Waals surface area contributed by atoms with Gasteiger partial charge in [-0.2, -0.15) is 0 Å². The van der Waals surface area contributed by atoms with Crippen molar-refractivity contribution in [3.63, 3.8) is 0 Å². The maximum atomic E-state index is 11.6. The zero-order chi connectivity index (χ0) is 13.6. The van der Waals surface area contributed by atoms with Gasteiger partial charge in [-0.05, 0) is 30.5 Å². The number of halogens is 1. The fraction of sp³-hybridized carbons (Fsp3) is 0.538. The molecule has 0 saturated carbocycles. The number of aliphatic hydroxyl groups is 1. The summed E-state index contributed by atoms with van der Waals surface area (Å²) >= 11 is 5.89. The summed E-state index contributed by atoms with van der Waals surface area (Å²) in [5, 5.41) is 9.96. The zero-order valence-electron chi connectivity index (χ0n) is 10.5. The van der Waals surface area contributed by atoms with Crippen molar-refractivity contribution >= 4 is 21.4 Å². The van der Waals surface area contributed by atoms with Gasteiger partial charge < -0.3 is 5.11 Å². The van der Waals surface area contributed by atoms with E-state index in [0.717, 1.165) is 5.56 Å². The molecule has 18 heavy (non-hydrogen) atoms. The fourth-order valence-corrected chi connectivity index (χ4v) is 3.53. The summed E-state index contributed by atoms with van der Waals surface area (Å²) in [7, 11) is -3.00. The van der Waals surface area contributed by atoms with Gasteiger partial charge >= 0.3 is 0 Å². The van der Waals surface area contributed by atoms with Gasteiger partial charge in [0.25, 0.3) is 0 Å². The minimum atomic E-state index is -3.00. The highest BCUT2D eigenvalue weighted by Crippen LogP contribution is 2.23. The van der Waals surface area contributed by atoms with Gasteiger partial charge in [0.05, 0.1) is 5.75 Å². The van der Waals surface area contributed by atoms with Crippen LogP contribution >= 0.6 is 11.6 Å². The van der Waals surface area contributed by atoms with Gasteiger partial charge in [0, 0.05) is 23.3 Å². The van der Waals surface area contributed by atoms with Crippen molar-refractivity contribution in [2.75, 3.05) is 18.1 Å². The summed E-state index contributed by atoms with van der Waals surface area (Å²) in [5.41, 5.74) is 0.886. The molecule has 5 heteroatoms. The van der Waals surface area contributed by atoms with E-state index in [1.807, 2.05) is 13.0 Å². The zero-order valence-corrected chi connectivity index (χ0v) is 12.0. The predicted octanol–water partition coefficient (Wildman–Crippen LogP) is 2.63. The third kappa shape index (κ3) is 4.96. The van der Waals surface area contributed by atoms with Gasteiger partial charge in [0.2, 0.25) is 0 Å². The first-order valence-corrected chi connectivity index (χ1v) is 8.25. The first kappa shape index (κ1) is 15.5. The topological polar surface area (TPSA) is 54.4 Å². The molecule has 1 unspecified atom stereocenters. The van der Waals surface area contributed by atoms with Crippen LogP contribution in [0, 0.1) is 0 Å². The SMILES string of the molecule is CCCS(=O)(=O)CCC(CO)c1cccc(Cl)c1. The van der Waals surface area contributed by atoms with Crippen LogP contribution in [0.15, 0.2) is 24.3 Å². The van der Waals surface area contributed by atoms with E-state index in [1.54, 1.807) is 18.2 Å². The molecule has 1 atom stereocenters. The average molecular weight is 291 g/mol. The van der Waals surface area contributed by atoms with Crippen LogP contribution in [0.5, 0.6) is 0 Å². The van der Waals surface area contributed by atoms with Crippen LogP contribution in [-0.4, -0.2) is 31.6 Å². The Kier molecular flexibility index (Phi) is 6.12. The van der Waals surface area contributed by atoms with Crippen LogP contribution in [-0.2, 0) is 9.84 Å². The first-order chi connectivity index (χ1) is 8.48. The maximum absolute atomic E-state index is 11.6. The second-order valence-corrected chi connectivity index (χ2v) is 7.12. The molecular formula is C13H19ClO3S. The summed E-state index contributed by atoms with van der Waals surface area (Å²) in [6.07, 6.45) is 1.06. The van der Waals surface area contributed by atoms with Crippen molar-refractivity contribution in [3.05, 3.63) is 34.9 Å². The molecule has 0 aliphatic carbocycles. The van der Waals surface area contributed by atoms with E-state index in [4.69, 9.17) is 11.6 Å². The van der Waals surface area contributed by atoms with Gasteiger partial charge in [-0.15, -0.1) is 0 Å². The van der Waals surface area contributed by atoms with Crippen LogP contribution in [0.1, 0.15) is 31.2 Å². The molecule has 0 saturated heterocycles. The lowest BCUT2D eigenvalue weighted by Crippen LogP contribution is -2.15. The molecule has 0 aliphatic rings. The molecule has 1 aromatic rings. The van der Waals surface area contributed by atoms with Crippen molar-refractivity contribution in [2.45, 2.75) is 25.7 Å². The standard InChI is InChI=1S/C13H19ClO3S/c1-2-7-18(16,17)8-6-12(10-15)11-4-3-5-13(14)9-11/h3-5,9,12,15H,2,6-8,10H2,1H3. The number of rotatable bonds is 7. The molecule has 0 fully saturated rings. The van der Waals surface area contributed by atoms with Gasteiger partial charge in [-0.3, -0.25) is 0 Å². The van der Waals surface area contributed by atoms with E-state index in [0.29, 0.717) is 17.9 Å². The summed E-state index contributed by atoms with van der Waals surface area (Å²) < 4.78 is 23.3. The van der Waals surface area contributed by atoms with Gasteiger partial charge in [0.1, 0.15) is 9.84 Å². The summed E-state index contributed by atoms with van der Waals surface area (Å²) in [4.78, 5) is 0. The first-order valence-electron chi connectivity index (χ1n) is 6.05. The molecular weight excluding hydrogens is 272 g/mol. The Morgan fingerprint density at radius 1 is 1.33 bits per heavy atom. The molecule has 102 valence electrons. The second-order valence-electron chi connectivity index (χ2n) is 4.37. The molecule has 1 aromatic carbocycles. The largest absolute Gasteiger partial charge is 0.396 e. The number of aliphatic hydroxyl groups excluding tert-OH is 1. The average Bonchev–Trinajstić information content (AvgIpc) is 2.29. The highest BCUT2D eigenvalue weighted by atomic mass is 35.5. The molecule has 3 nitrogen and oxygen atoms in total. The maximum Gasteiger partial charge on any atom is 0.150 e. The van der Waals surface area contributed by atoms with Crippen molar-refractivity contribution in [3.8, 4) is 0 Å². The molecule has 0 bridgehead atoms. The van der Waals surface area contributed by atoms with E-state index < -0.39 is 9.84 Å². The second kappa shape index (κ2) is 7.12. The Hall–Kier alpha value is -0.580. The summed E-state index contributed by atoms with van der Waals surface area (Å²) in [6, 6.07) is 7.20. The molecule has 1 N–H and O–H groups in total.